The molecule has 1 unspecified atom stereocenters. The minimum absolute atomic E-state index is 0.0545. The van der Waals surface area contributed by atoms with Gasteiger partial charge in [-0.2, -0.15) is 0 Å². The Morgan fingerprint density at radius 3 is 2.73 bits per heavy atom. The van der Waals surface area contributed by atoms with Crippen molar-refractivity contribution < 1.29 is 4.79 Å². The van der Waals surface area contributed by atoms with Gasteiger partial charge in [0.05, 0.1) is 5.69 Å². The van der Waals surface area contributed by atoms with Crippen molar-refractivity contribution in [3.8, 4) is 11.3 Å². The van der Waals surface area contributed by atoms with Crippen molar-refractivity contribution in [2.24, 2.45) is 7.05 Å². The number of carbonyl (C=O) groups excluding carboxylic acids is 1. The van der Waals surface area contributed by atoms with Crippen LogP contribution < -0.4 is 10.9 Å². The number of hydrogen-bond acceptors (Lipinski definition) is 3. The quantitative estimate of drug-likeness (QED) is 0.747. The Morgan fingerprint density at radius 2 is 2.04 bits per heavy atom. The maximum absolute atomic E-state index is 12.7. The molecule has 2 heterocycles. The summed E-state index contributed by atoms with van der Waals surface area (Å²) in [7, 11) is 1.67. The van der Waals surface area contributed by atoms with Gasteiger partial charge in [0, 0.05) is 36.1 Å². The Bertz CT molecular complexity index is 1020. The van der Waals surface area contributed by atoms with Gasteiger partial charge in [0.25, 0.3) is 11.5 Å². The second-order valence-electron chi connectivity index (χ2n) is 6.38. The van der Waals surface area contributed by atoms with E-state index in [0.717, 1.165) is 18.4 Å². The van der Waals surface area contributed by atoms with Gasteiger partial charge in [-0.15, -0.1) is 0 Å². The first-order chi connectivity index (χ1) is 12.4. The molecule has 0 aliphatic rings. The summed E-state index contributed by atoms with van der Waals surface area (Å²) in [5.74, 6) is -0.281. The third-order valence-corrected chi connectivity index (χ3v) is 4.66. The Hall–Kier alpha value is -2.60. The molecule has 0 radical (unpaired) electrons. The number of carbonyl (C=O) groups is 1. The lowest BCUT2D eigenvalue weighted by atomic mass is 10.1. The molecule has 0 saturated carbocycles. The number of fused-ring (bicyclic) bond motifs is 1. The molecule has 1 atom stereocenters. The van der Waals surface area contributed by atoms with Crippen molar-refractivity contribution in [1.82, 2.24) is 19.3 Å². The van der Waals surface area contributed by atoms with Crippen LogP contribution in [0.3, 0.4) is 0 Å². The van der Waals surface area contributed by atoms with Gasteiger partial charge in [-0.05, 0) is 19.4 Å². The summed E-state index contributed by atoms with van der Waals surface area (Å²) >= 11 is 6.27. The lowest BCUT2D eigenvalue weighted by molar-refractivity contribution is 0.0934. The predicted molar refractivity (Wildman–Crippen MR) is 103 cm³/mol. The number of amides is 1. The fourth-order valence-corrected chi connectivity index (χ4v) is 3.19. The molecular formula is C19H21ClN4O2. The molecule has 1 aromatic carbocycles. The van der Waals surface area contributed by atoms with Gasteiger partial charge in [-0.1, -0.05) is 43.1 Å². The summed E-state index contributed by atoms with van der Waals surface area (Å²) in [6.07, 6.45) is 5.20. The number of nitrogens with one attached hydrogen (secondary N) is 1. The molecule has 26 heavy (non-hydrogen) atoms. The highest BCUT2D eigenvalue weighted by molar-refractivity contribution is 6.33. The fourth-order valence-electron chi connectivity index (χ4n) is 2.96. The monoisotopic (exact) mass is 372 g/mol. The number of aromatic nitrogens is 3. The highest BCUT2D eigenvalue weighted by Crippen LogP contribution is 2.26. The van der Waals surface area contributed by atoms with Crippen LogP contribution in [0.2, 0.25) is 5.02 Å². The van der Waals surface area contributed by atoms with Gasteiger partial charge in [-0.3, -0.25) is 14.0 Å². The van der Waals surface area contributed by atoms with Crippen molar-refractivity contribution >= 4 is 23.2 Å². The number of halogens is 1. The van der Waals surface area contributed by atoms with Crippen molar-refractivity contribution in [2.75, 3.05) is 0 Å². The van der Waals surface area contributed by atoms with Crippen LogP contribution in [-0.2, 0) is 7.05 Å². The van der Waals surface area contributed by atoms with Gasteiger partial charge in [0.2, 0.25) is 5.65 Å². The molecule has 0 aliphatic heterocycles. The SMILES string of the molecule is CCCC(C)NC(=O)c1cn2cc(-c3ccccc3Cl)n(C)c(=O)c2n1. The Balaban J connectivity index is 2.06. The molecule has 1 amide bonds. The minimum atomic E-state index is -0.289. The van der Waals surface area contributed by atoms with Gasteiger partial charge >= 0.3 is 0 Å². The van der Waals surface area contributed by atoms with E-state index in [-0.39, 0.29) is 28.8 Å². The zero-order chi connectivity index (χ0) is 18.8. The first kappa shape index (κ1) is 18.2. The third kappa shape index (κ3) is 3.37. The second-order valence-corrected chi connectivity index (χ2v) is 6.79. The normalized spacial score (nSPS) is 12.3. The summed E-state index contributed by atoms with van der Waals surface area (Å²) < 4.78 is 3.07. The van der Waals surface area contributed by atoms with E-state index in [4.69, 9.17) is 11.6 Å². The first-order valence-corrected chi connectivity index (χ1v) is 8.94. The van der Waals surface area contributed by atoms with E-state index in [1.807, 2.05) is 25.1 Å². The average molecular weight is 373 g/mol. The maximum atomic E-state index is 12.7. The molecule has 0 aliphatic carbocycles. The molecule has 7 heteroatoms. The predicted octanol–water partition coefficient (Wildman–Crippen LogP) is 3.27. The molecule has 136 valence electrons. The summed E-state index contributed by atoms with van der Waals surface area (Å²) in [5.41, 5.74) is 1.53. The largest absolute Gasteiger partial charge is 0.348 e. The lowest BCUT2D eigenvalue weighted by Crippen LogP contribution is -2.32. The Morgan fingerprint density at radius 1 is 1.31 bits per heavy atom. The maximum Gasteiger partial charge on any atom is 0.294 e. The highest BCUT2D eigenvalue weighted by Gasteiger charge is 2.17. The summed E-state index contributed by atoms with van der Waals surface area (Å²) in [4.78, 5) is 29.3. The number of nitrogens with zero attached hydrogens (tertiary/aromatic N) is 3. The Kier molecular flexibility index (Phi) is 5.13. The van der Waals surface area contributed by atoms with Gasteiger partial charge < -0.3 is 9.88 Å². The molecule has 3 aromatic rings. The average Bonchev–Trinajstić information content (AvgIpc) is 3.03. The van der Waals surface area contributed by atoms with Crippen molar-refractivity contribution in [3.63, 3.8) is 0 Å². The van der Waals surface area contributed by atoms with Crippen LogP contribution in [-0.4, -0.2) is 25.9 Å². The van der Waals surface area contributed by atoms with Crippen LogP contribution in [0.5, 0.6) is 0 Å². The second kappa shape index (κ2) is 7.33. The number of imidazole rings is 1. The number of benzene rings is 1. The molecule has 6 nitrogen and oxygen atoms in total. The van der Waals surface area contributed by atoms with E-state index in [2.05, 4.69) is 17.2 Å². The van der Waals surface area contributed by atoms with Crippen LogP contribution in [0.15, 0.2) is 41.5 Å². The molecule has 0 bridgehead atoms. The Labute approximate surface area is 156 Å². The van der Waals surface area contributed by atoms with Crippen LogP contribution in [0.25, 0.3) is 16.9 Å². The van der Waals surface area contributed by atoms with Gasteiger partial charge in [0.1, 0.15) is 5.69 Å². The molecule has 0 fully saturated rings. The topological polar surface area (TPSA) is 68.4 Å². The van der Waals surface area contributed by atoms with E-state index in [1.165, 1.54) is 4.57 Å². The summed E-state index contributed by atoms with van der Waals surface area (Å²) in [6.45, 7) is 4.01. The smallest absolute Gasteiger partial charge is 0.294 e. The first-order valence-electron chi connectivity index (χ1n) is 8.56. The molecule has 0 saturated heterocycles. The van der Waals surface area contributed by atoms with E-state index < -0.39 is 0 Å². The van der Waals surface area contributed by atoms with E-state index in [0.29, 0.717) is 10.7 Å². The third-order valence-electron chi connectivity index (χ3n) is 4.33. The molecule has 3 rings (SSSR count). The van der Waals surface area contributed by atoms with Gasteiger partial charge in [-0.25, -0.2) is 4.98 Å². The zero-order valence-corrected chi connectivity index (χ0v) is 15.7. The van der Waals surface area contributed by atoms with Crippen LogP contribution in [0, 0.1) is 0 Å². The fraction of sp³-hybridized carbons (Fsp3) is 0.316. The van der Waals surface area contributed by atoms with Crippen LogP contribution in [0.1, 0.15) is 37.2 Å². The minimum Gasteiger partial charge on any atom is -0.348 e. The van der Waals surface area contributed by atoms with Crippen molar-refractivity contribution in [3.05, 3.63) is 57.7 Å². The standard InChI is InChI=1S/C19H21ClN4O2/c1-4-7-12(2)21-18(25)15-10-24-11-16(13-8-5-6-9-14(13)20)23(3)19(26)17(24)22-15/h5-6,8-12H,4,7H2,1-3H3,(H,21,25). The van der Waals surface area contributed by atoms with Crippen LogP contribution >= 0.6 is 11.6 Å². The molecule has 2 aromatic heterocycles. The summed E-state index contributed by atoms with van der Waals surface area (Å²) in [5, 5.41) is 3.45. The summed E-state index contributed by atoms with van der Waals surface area (Å²) in [6, 6.07) is 7.36. The number of hydrogen-bond donors (Lipinski definition) is 1. The van der Waals surface area contributed by atoms with Crippen molar-refractivity contribution in [1.29, 1.82) is 0 Å². The van der Waals surface area contributed by atoms with E-state index in [1.54, 1.807) is 29.9 Å². The highest BCUT2D eigenvalue weighted by atomic mass is 35.5. The molecule has 1 N–H and O–H groups in total. The van der Waals surface area contributed by atoms with E-state index in [9.17, 15) is 9.59 Å². The van der Waals surface area contributed by atoms with E-state index >= 15 is 0 Å². The molecule has 0 spiro atoms. The van der Waals surface area contributed by atoms with Crippen molar-refractivity contribution in [2.45, 2.75) is 32.7 Å². The lowest BCUT2D eigenvalue weighted by Gasteiger charge is -2.10. The van der Waals surface area contributed by atoms with Crippen LogP contribution in [0.4, 0.5) is 0 Å². The molecular weight excluding hydrogens is 352 g/mol. The van der Waals surface area contributed by atoms with Gasteiger partial charge in [0.15, 0.2) is 0 Å². The number of rotatable bonds is 5. The zero-order valence-electron chi connectivity index (χ0n) is 15.0.